The van der Waals surface area contributed by atoms with Crippen LogP contribution in [0, 0.1) is 10.1 Å². The van der Waals surface area contributed by atoms with E-state index in [0.717, 1.165) is 0 Å². The Morgan fingerprint density at radius 2 is 2.06 bits per heavy atom. The van der Waals surface area contributed by atoms with Crippen LogP contribution in [0.2, 0.25) is 0 Å². The molecule has 7 heteroatoms. The van der Waals surface area contributed by atoms with Gasteiger partial charge in [-0.1, -0.05) is 0 Å². The molecule has 1 aromatic rings. The summed E-state index contributed by atoms with van der Waals surface area (Å²) in [5.74, 6) is -0.670. The first-order chi connectivity index (χ1) is 8.33. The molecule has 0 saturated heterocycles. The van der Waals surface area contributed by atoms with Crippen LogP contribution in [-0.2, 0) is 4.79 Å². The summed E-state index contributed by atoms with van der Waals surface area (Å²) in [7, 11) is 0. The number of nitrogens with zero attached hydrogens (tertiary/aromatic N) is 1. The van der Waals surface area contributed by atoms with E-state index in [1.165, 1.54) is 31.2 Å². The molecule has 0 aliphatic carbocycles. The number of carboxylic acid groups (broad SMARTS) is 1. The predicted molar refractivity (Wildman–Crippen MR) is 63.4 cm³/mol. The second-order valence-electron chi connectivity index (χ2n) is 4.07. The molecule has 1 aromatic carbocycles. The minimum Gasteiger partial charge on any atom is -0.494 e. The van der Waals surface area contributed by atoms with Crippen molar-refractivity contribution < 1.29 is 19.6 Å². The van der Waals surface area contributed by atoms with Crippen LogP contribution < -0.4 is 10.5 Å². The Bertz CT molecular complexity index is 441. The topological polar surface area (TPSA) is 116 Å². The molecule has 1 rings (SSSR count). The van der Waals surface area contributed by atoms with Gasteiger partial charge in [0.15, 0.2) is 0 Å². The molecule has 98 valence electrons. The first-order valence-electron chi connectivity index (χ1n) is 5.22. The van der Waals surface area contributed by atoms with Gasteiger partial charge in [-0.15, -0.1) is 0 Å². The SMILES string of the molecule is CC(N)(CCOc1ccc([N+](=O)[O-])cc1)C(=O)O. The van der Waals surface area contributed by atoms with Gasteiger partial charge in [-0.3, -0.25) is 14.9 Å². The number of nitro benzene ring substituents is 1. The van der Waals surface area contributed by atoms with Gasteiger partial charge in [-0.25, -0.2) is 0 Å². The van der Waals surface area contributed by atoms with E-state index < -0.39 is 16.4 Å². The highest BCUT2D eigenvalue weighted by Gasteiger charge is 2.27. The maximum absolute atomic E-state index is 10.7. The summed E-state index contributed by atoms with van der Waals surface area (Å²) in [6.07, 6.45) is 0.138. The molecule has 0 bridgehead atoms. The zero-order chi connectivity index (χ0) is 13.8. The molecule has 1 unspecified atom stereocenters. The van der Waals surface area contributed by atoms with Gasteiger partial charge in [0.1, 0.15) is 11.3 Å². The fourth-order valence-corrected chi connectivity index (χ4v) is 1.15. The fourth-order valence-electron chi connectivity index (χ4n) is 1.15. The largest absolute Gasteiger partial charge is 0.494 e. The zero-order valence-corrected chi connectivity index (χ0v) is 9.83. The second kappa shape index (κ2) is 5.46. The molecule has 0 spiro atoms. The first-order valence-corrected chi connectivity index (χ1v) is 5.22. The first kappa shape index (κ1) is 13.9. The Morgan fingerprint density at radius 3 is 2.50 bits per heavy atom. The number of aliphatic carboxylic acids is 1. The summed E-state index contributed by atoms with van der Waals surface area (Å²) in [6.45, 7) is 1.52. The highest BCUT2D eigenvalue weighted by Crippen LogP contribution is 2.18. The van der Waals surface area contributed by atoms with E-state index in [2.05, 4.69) is 0 Å². The molecule has 0 aliphatic heterocycles. The van der Waals surface area contributed by atoms with Gasteiger partial charge in [-0.05, 0) is 19.1 Å². The number of nitro groups is 1. The second-order valence-corrected chi connectivity index (χ2v) is 4.07. The van der Waals surface area contributed by atoms with Crippen LogP contribution in [0.3, 0.4) is 0 Å². The Kier molecular flexibility index (Phi) is 4.22. The Labute approximate surface area is 103 Å². The van der Waals surface area contributed by atoms with Gasteiger partial charge in [0.05, 0.1) is 11.5 Å². The van der Waals surface area contributed by atoms with Gasteiger partial charge < -0.3 is 15.6 Å². The number of hydrogen-bond acceptors (Lipinski definition) is 5. The van der Waals surface area contributed by atoms with Crippen LogP contribution in [-0.4, -0.2) is 28.1 Å². The van der Waals surface area contributed by atoms with E-state index in [9.17, 15) is 14.9 Å². The molecule has 1 atom stereocenters. The van der Waals surface area contributed by atoms with E-state index in [1.54, 1.807) is 0 Å². The lowest BCUT2D eigenvalue weighted by atomic mass is 10.0. The number of hydrogen-bond donors (Lipinski definition) is 2. The molecule has 0 heterocycles. The smallest absolute Gasteiger partial charge is 0.323 e. The fraction of sp³-hybridized carbons (Fsp3) is 0.364. The molecule has 0 fully saturated rings. The van der Waals surface area contributed by atoms with Crippen molar-refractivity contribution in [2.45, 2.75) is 18.9 Å². The minimum absolute atomic E-state index is 0.0310. The van der Waals surface area contributed by atoms with Crippen molar-refractivity contribution in [1.82, 2.24) is 0 Å². The molecule has 7 nitrogen and oxygen atoms in total. The molecular formula is C11H14N2O5. The number of rotatable bonds is 6. The predicted octanol–water partition coefficient (Wildman–Crippen LogP) is 1.17. The standard InChI is InChI=1S/C11H14N2O5/c1-11(12,10(14)15)6-7-18-9-4-2-8(3-5-9)13(16)17/h2-5H,6-7,12H2,1H3,(H,14,15). The molecule has 0 aromatic heterocycles. The summed E-state index contributed by atoms with van der Waals surface area (Å²) in [6, 6.07) is 5.53. The van der Waals surface area contributed by atoms with E-state index in [-0.39, 0.29) is 18.7 Å². The number of ether oxygens (including phenoxy) is 1. The molecule has 3 N–H and O–H groups in total. The number of carboxylic acids is 1. The molecule has 0 aliphatic rings. The molecule has 0 radical (unpaired) electrons. The Hall–Kier alpha value is -2.15. The summed E-state index contributed by atoms with van der Waals surface area (Å²) >= 11 is 0. The van der Waals surface area contributed by atoms with Crippen molar-refractivity contribution in [1.29, 1.82) is 0 Å². The third-order valence-corrected chi connectivity index (χ3v) is 2.43. The van der Waals surface area contributed by atoms with Crippen LogP contribution in [0.4, 0.5) is 5.69 Å². The Morgan fingerprint density at radius 1 is 1.50 bits per heavy atom. The lowest BCUT2D eigenvalue weighted by molar-refractivity contribution is -0.384. The summed E-state index contributed by atoms with van der Waals surface area (Å²) in [5.41, 5.74) is 4.14. The van der Waals surface area contributed by atoms with Crippen molar-refractivity contribution in [3.05, 3.63) is 34.4 Å². The van der Waals surface area contributed by atoms with Crippen molar-refractivity contribution in [2.75, 3.05) is 6.61 Å². The summed E-state index contributed by atoms with van der Waals surface area (Å²) in [4.78, 5) is 20.6. The maximum atomic E-state index is 10.7. The van der Waals surface area contributed by atoms with Crippen molar-refractivity contribution in [3.8, 4) is 5.75 Å². The molecule has 18 heavy (non-hydrogen) atoms. The van der Waals surface area contributed by atoms with Gasteiger partial charge >= 0.3 is 5.97 Å². The van der Waals surface area contributed by atoms with E-state index in [1.807, 2.05) is 0 Å². The molecule has 0 amide bonds. The number of non-ortho nitro benzene ring substituents is 1. The van der Waals surface area contributed by atoms with Crippen molar-refractivity contribution >= 4 is 11.7 Å². The van der Waals surface area contributed by atoms with Gasteiger partial charge in [0, 0.05) is 18.6 Å². The average molecular weight is 254 g/mol. The third kappa shape index (κ3) is 3.70. The molecular weight excluding hydrogens is 240 g/mol. The lowest BCUT2D eigenvalue weighted by Gasteiger charge is -2.18. The van der Waals surface area contributed by atoms with Crippen LogP contribution in [0.5, 0.6) is 5.75 Å². The number of benzene rings is 1. The maximum Gasteiger partial charge on any atom is 0.323 e. The molecule has 0 saturated carbocycles. The zero-order valence-electron chi connectivity index (χ0n) is 9.83. The summed E-state index contributed by atoms with van der Waals surface area (Å²) in [5, 5.41) is 19.2. The third-order valence-electron chi connectivity index (χ3n) is 2.43. The van der Waals surface area contributed by atoms with E-state index >= 15 is 0 Å². The van der Waals surface area contributed by atoms with Crippen molar-refractivity contribution in [2.24, 2.45) is 5.73 Å². The van der Waals surface area contributed by atoms with E-state index in [4.69, 9.17) is 15.6 Å². The van der Waals surface area contributed by atoms with Crippen molar-refractivity contribution in [3.63, 3.8) is 0 Å². The monoisotopic (exact) mass is 254 g/mol. The average Bonchev–Trinajstić information content (AvgIpc) is 2.29. The highest BCUT2D eigenvalue weighted by atomic mass is 16.6. The normalized spacial score (nSPS) is 13.7. The Balaban J connectivity index is 2.50. The van der Waals surface area contributed by atoms with Crippen LogP contribution in [0.1, 0.15) is 13.3 Å². The number of nitrogens with two attached hydrogens (primary N) is 1. The van der Waals surface area contributed by atoms with Gasteiger partial charge in [0.25, 0.3) is 5.69 Å². The number of carbonyl (C=O) groups is 1. The van der Waals surface area contributed by atoms with Gasteiger partial charge in [0.2, 0.25) is 0 Å². The van der Waals surface area contributed by atoms with Crippen LogP contribution in [0.25, 0.3) is 0 Å². The van der Waals surface area contributed by atoms with Crippen LogP contribution >= 0.6 is 0 Å². The summed E-state index contributed by atoms with van der Waals surface area (Å²) < 4.78 is 5.26. The van der Waals surface area contributed by atoms with Gasteiger partial charge in [-0.2, -0.15) is 0 Å². The quantitative estimate of drug-likeness (QED) is 0.581. The highest BCUT2D eigenvalue weighted by molar-refractivity contribution is 5.77. The minimum atomic E-state index is -1.35. The van der Waals surface area contributed by atoms with E-state index in [0.29, 0.717) is 5.75 Å². The van der Waals surface area contributed by atoms with Crippen LogP contribution in [0.15, 0.2) is 24.3 Å². The lowest BCUT2D eigenvalue weighted by Crippen LogP contribution is -2.45.